The molecular weight excluding hydrogens is 233 g/mol. The third-order valence-electron chi connectivity index (χ3n) is 2.83. The van der Waals surface area contributed by atoms with Gasteiger partial charge in [0.1, 0.15) is 11.6 Å². The molecule has 1 saturated heterocycles. The summed E-state index contributed by atoms with van der Waals surface area (Å²) in [6, 6.07) is 1.57. The van der Waals surface area contributed by atoms with Crippen LogP contribution in [0.25, 0.3) is 0 Å². The quantitative estimate of drug-likeness (QED) is 0.824. The molecule has 0 saturated carbocycles. The lowest BCUT2D eigenvalue weighted by Crippen LogP contribution is -2.28. The van der Waals surface area contributed by atoms with Gasteiger partial charge in [-0.25, -0.2) is 9.97 Å². The molecule has 1 aliphatic heterocycles. The molecule has 0 aromatic carbocycles. The number of rotatable bonds is 1. The van der Waals surface area contributed by atoms with Crippen molar-refractivity contribution in [3.63, 3.8) is 0 Å². The molecule has 0 bridgehead atoms. The Labute approximate surface area is 96.7 Å². The van der Waals surface area contributed by atoms with Crippen molar-refractivity contribution < 1.29 is 13.2 Å². The summed E-state index contributed by atoms with van der Waals surface area (Å²) in [5, 5.41) is 0. The SMILES string of the molecule is CC1CCCN1c1cc(N)nc(C(F)(F)F)n1. The van der Waals surface area contributed by atoms with E-state index in [1.54, 1.807) is 0 Å². The molecule has 94 valence electrons. The van der Waals surface area contributed by atoms with Crippen LogP contribution in [-0.2, 0) is 6.18 Å². The fraction of sp³-hybridized carbons (Fsp3) is 0.600. The summed E-state index contributed by atoms with van der Waals surface area (Å²) in [6.45, 7) is 2.66. The summed E-state index contributed by atoms with van der Waals surface area (Å²) in [5.41, 5.74) is 5.39. The van der Waals surface area contributed by atoms with E-state index >= 15 is 0 Å². The van der Waals surface area contributed by atoms with Gasteiger partial charge in [-0.2, -0.15) is 13.2 Å². The number of nitrogens with zero attached hydrogens (tertiary/aromatic N) is 3. The van der Waals surface area contributed by atoms with E-state index < -0.39 is 12.0 Å². The van der Waals surface area contributed by atoms with E-state index in [0.29, 0.717) is 6.54 Å². The van der Waals surface area contributed by atoms with E-state index in [-0.39, 0.29) is 17.7 Å². The molecular formula is C10H13F3N4. The highest BCUT2D eigenvalue weighted by molar-refractivity contribution is 5.48. The van der Waals surface area contributed by atoms with Gasteiger partial charge in [0.2, 0.25) is 5.82 Å². The Morgan fingerprint density at radius 1 is 1.41 bits per heavy atom. The predicted molar refractivity (Wildman–Crippen MR) is 57.5 cm³/mol. The molecule has 0 radical (unpaired) electrons. The number of aromatic nitrogens is 2. The van der Waals surface area contributed by atoms with E-state index in [1.807, 2.05) is 11.8 Å². The highest BCUT2D eigenvalue weighted by atomic mass is 19.4. The van der Waals surface area contributed by atoms with Gasteiger partial charge in [0.15, 0.2) is 0 Å². The molecule has 2 heterocycles. The van der Waals surface area contributed by atoms with Gasteiger partial charge < -0.3 is 10.6 Å². The Hall–Kier alpha value is -1.53. The molecule has 2 N–H and O–H groups in total. The van der Waals surface area contributed by atoms with Gasteiger partial charge in [0.05, 0.1) is 0 Å². The number of alkyl halides is 3. The van der Waals surface area contributed by atoms with Crippen molar-refractivity contribution in [2.75, 3.05) is 17.2 Å². The lowest BCUT2D eigenvalue weighted by atomic mass is 10.2. The van der Waals surface area contributed by atoms with Crippen LogP contribution in [0.5, 0.6) is 0 Å². The molecule has 17 heavy (non-hydrogen) atoms. The Morgan fingerprint density at radius 3 is 2.65 bits per heavy atom. The number of anilines is 2. The fourth-order valence-electron chi connectivity index (χ4n) is 2.00. The van der Waals surface area contributed by atoms with Crippen molar-refractivity contribution in [3.8, 4) is 0 Å². The van der Waals surface area contributed by atoms with Crippen LogP contribution in [0.4, 0.5) is 24.8 Å². The second kappa shape index (κ2) is 4.05. The zero-order valence-corrected chi connectivity index (χ0v) is 9.33. The van der Waals surface area contributed by atoms with E-state index in [4.69, 9.17) is 5.73 Å². The highest BCUT2D eigenvalue weighted by Crippen LogP contribution is 2.30. The van der Waals surface area contributed by atoms with Crippen molar-refractivity contribution in [1.29, 1.82) is 0 Å². The third-order valence-corrected chi connectivity index (χ3v) is 2.83. The molecule has 1 aromatic rings. The average Bonchev–Trinajstić information content (AvgIpc) is 2.62. The number of nitrogen functional groups attached to an aromatic ring is 1. The molecule has 1 fully saturated rings. The largest absolute Gasteiger partial charge is 0.451 e. The van der Waals surface area contributed by atoms with Crippen LogP contribution in [0, 0.1) is 0 Å². The first kappa shape index (κ1) is 11.9. The first-order valence-electron chi connectivity index (χ1n) is 5.36. The number of hydrogen-bond acceptors (Lipinski definition) is 4. The second-order valence-corrected chi connectivity index (χ2v) is 4.16. The minimum atomic E-state index is -4.56. The molecule has 0 aliphatic carbocycles. The topological polar surface area (TPSA) is 55.0 Å². The van der Waals surface area contributed by atoms with Gasteiger partial charge in [-0.05, 0) is 19.8 Å². The zero-order valence-electron chi connectivity index (χ0n) is 9.33. The van der Waals surface area contributed by atoms with Gasteiger partial charge in [0, 0.05) is 18.7 Å². The predicted octanol–water partition coefficient (Wildman–Crippen LogP) is 2.07. The molecule has 1 aromatic heterocycles. The smallest absolute Gasteiger partial charge is 0.384 e. The van der Waals surface area contributed by atoms with Crippen LogP contribution in [0.3, 0.4) is 0 Å². The molecule has 0 amide bonds. The van der Waals surface area contributed by atoms with Gasteiger partial charge in [0.25, 0.3) is 0 Å². The van der Waals surface area contributed by atoms with Crippen molar-refractivity contribution in [2.24, 2.45) is 0 Å². The monoisotopic (exact) mass is 246 g/mol. The lowest BCUT2D eigenvalue weighted by Gasteiger charge is -2.23. The van der Waals surface area contributed by atoms with Gasteiger partial charge >= 0.3 is 6.18 Å². The standard InChI is InChI=1S/C10H13F3N4/c1-6-3-2-4-17(6)8-5-7(14)15-9(16-8)10(11,12)13/h5-6H,2-4H2,1H3,(H2,14,15,16). The fourth-order valence-corrected chi connectivity index (χ4v) is 2.00. The summed E-state index contributed by atoms with van der Waals surface area (Å²) in [4.78, 5) is 8.59. The Bertz CT molecular complexity index is 419. The Kier molecular flexibility index (Phi) is 2.84. The van der Waals surface area contributed by atoms with Crippen LogP contribution in [-0.4, -0.2) is 22.6 Å². The maximum atomic E-state index is 12.5. The number of nitrogens with two attached hydrogens (primary N) is 1. The molecule has 4 nitrogen and oxygen atoms in total. The summed E-state index contributed by atoms with van der Waals surface area (Å²) >= 11 is 0. The Balaban J connectivity index is 2.38. The highest BCUT2D eigenvalue weighted by Gasteiger charge is 2.36. The average molecular weight is 246 g/mol. The van der Waals surface area contributed by atoms with E-state index in [0.717, 1.165) is 12.8 Å². The van der Waals surface area contributed by atoms with E-state index in [1.165, 1.54) is 6.07 Å². The van der Waals surface area contributed by atoms with Gasteiger partial charge in [-0.3, -0.25) is 0 Å². The lowest BCUT2D eigenvalue weighted by molar-refractivity contribution is -0.144. The second-order valence-electron chi connectivity index (χ2n) is 4.16. The van der Waals surface area contributed by atoms with Gasteiger partial charge in [-0.15, -0.1) is 0 Å². The Morgan fingerprint density at radius 2 is 2.12 bits per heavy atom. The maximum absolute atomic E-state index is 12.5. The maximum Gasteiger partial charge on any atom is 0.451 e. The summed E-state index contributed by atoms with van der Waals surface area (Å²) in [5.74, 6) is -1.07. The summed E-state index contributed by atoms with van der Waals surface area (Å²) in [7, 11) is 0. The molecule has 1 atom stereocenters. The van der Waals surface area contributed by atoms with Gasteiger partial charge in [-0.1, -0.05) is 0 Å². The van der Waals surface area contributed by atoms with Crippen LogP contribution >= 0.6 is 0 Å². The van der Waals surface area contributed by atoms with Crippen molar-refractivity contribution >= 4 is 11.6 Å². The van der Waals surface area contributed by atoms with Crippen LogP contribution in [0.15, 0.2) is 6.07 Å². The van der Waals surface area contributed by atoms with Crippen LogP contribution in [0.2, 0.25) is 0 Å². The summed E-state index contributed by atoms with van der Waals surface area (Å²) < 4.78 is 37.6. The molecule has 7 heteroatoms. The molecule has 2 rings (SSSR count). The minimum Gasteiger partial charge on any atom is -0.384 e. The number of hydrogen-bond donors (Lipinski definition) is 1. The minimum absolute atomic E-state index is 0.151. The van der Waals surface area contributed by atoms with Crippen molar-refractivity contribution in [3.05, 3.63) is 11.9 Å². The van der Waals surface area contributed by atoms with Crippen molar-refractivity contribution in [1.82, 2.24) is 9.97 Å². The normalized spacial score (nSPS) is 20.9. The van der Waals surface area contributed by atoms with Crippen LogP contribution in [0.1, 0.15) is 25.6 Å². The van der Waals surface area contributed by atoms with E-state index in [2.05, 4.69) is 9.97 Å². The van der Waals surface area contributed by atoms with E-state index in [9.17, 15) is 13.2 Å². The van der Waals surface area contributed by atoms with Crippen molar-refractivity contribution in [2.45, 2.75) is 32.0 Å². The first-order valence-corrected chi connectivity index (χ1v) is 5.36. The zero-order chi connectivity index (χ0) is 12.6. The third kappa shape index (κ3) is 2.42. The first-order chi connectivity index (χ1) is 7.88. The molecule has 0 spiro atoms. The molecule has 1 unspecified atom stereocenters. The summed E-state index contributed by atoms with van der Waals surface area (Å²) in [6.07, 6.45) is -2.66. The number of halogens is 3. The van der Waals surface area contributed by atoms with Crippen LogP contribution < -0.4 is 10.6 Å². The molecule has 1 aliphatic rings.